The Morgan fingerprint density at radius 1 is 1.36 bits per heavy atom. The van der Waals surface area contributed by atoms with Gasteiger partial charge in [0.2, 0.25) is 0 Å². The van der Waals surface area contributed by atoms with Gasteiger partial charge in [0.25, 0.3) is 0 Å². The SMILES string of the molecule is NCC1(CC(F)(F)F)CCS(=O)(=O)C1. The molecule has 0 aromatic rings. The van der Waals surface area contributed by atoms with Crippen LogP contribution >= 0.6 is 0 Å². The zero-order valence-corrected chi connectivity index (χ0v) is 8.29. The Hall–Kier alpha value is -0.300. The number of hydrogen-bond acceptors (Lipinski definition) is 3. The first-order chi connectivity index (χ1) is 6.18. The molecule has 1 saturated heterocycles. The van der Waals surface area contributed by atoms with Gasteiger partial charge in [0.05, 0.1) is 17.9 Å². The maximum atomic E-state index is 12.1. The molecule has 1 heterocycles. The van der Waals surface area contributed by atoms with E-state index in [1.54, 1.807) is 0 Å². The molecule has 1 aliphatic heterocycles. The minimum Gasteiger partial charge on any atom is -0.330 e. The fraction of sp³-hybridized carbons (Fsp3) is 1.00. The second-order valence-corrected chi connectivity index (χ2v) is 6.02. The monoisotopic (exact) mass is 231 g/mol. The molecule has 1 unspecified atom stereocenters. The summed E-state index contributed by atoms with van der Waals surface area (Å²) >= 11 is 0. The fourth-order valence-electron chi connectivity index (χ4n) is 1.78. The summed E-state index contributed by atoms with van der Waals surface area (Å²) in [6.07, 6.45) is -5.43. The first kappa shape index (κ1) is 11.8. The molecule has 0 aliphatic carbocycles. The predicted molar refractivity (Wildman–Crippen MR) is 45.4 cm³/mol. The fourth-order valence-corrected chi connectivity index (χ4v) is 3.97. The molecule has 1 atom stereocenters. The van der Waals surface area contributed by atoms with E-state index in [4.69, 9.17) is 5.73 Å². The Labute approximate surface area is 80.4 Å². The Balaban J connectivity index is 2.81. The van der Waals surface area contributed by atoms with Crippen LogP contribution in [0.3, 0.4) is 0 Å². The summed E-state index contributed by atoms with van der Waals surface area (Å²) in [6, 6.07) is 0. The Bertz CT molecular complexity index is 311. The molecular formula is C7H12F3NO2S. The van der Waals surface area contributed by atoms with Crippen molar-refractivity contribution in [3.8, 4) is 0 Å². The van der Waals surface area contributed by atoms with Crippen LogP contribution in [0.5, 0.6) is 0 Å². The molecule has 0 bridgehead atoms. The van der Waals surface area contributed by atoms with Crippen molar-refractivity contribution in [3.05, 3.63) is 0 Å². The number of rotatable bonds is 2. The first-order valence-corrected chi connectivity index (χ1v) is 5.98. The highest BCUT2D eigenvalue weighted by molar-refractivity contribution is 7.91. The van der Waals surface area contributed by atoms with Crippen LogP contribution in [-0.4, -0.2) is 32.6 Å². The Morgan fingerprint density at radius 3 is 2.21 bits per heavy atom. The van der Waals surface area contributed by atoms with Crippen molar-refractivity contribution < 1.29 is 21.6 Å². The van der Waals surface area contributed by atoms with Crippen molar-refractivity contribution in [1.29, 1.82) is 0 Å². The highest BCUT2D eigenvalue weighted by atomic mass is 32.2. The summed E-state index contributed by atoms with van der Waals surface area (Å²) in [5.41, 5.74) is 3.95. The standard InChI is InChI=1S/C7H12F3NO2S/c8-7(9,10)3-6(4-11)1-2-14(12,13)5-6/h1-5,11H2. The minimum absolute atomic E-state index is 0.0192. The number of nitrogens with two attached hydrogens (primary N) is 1. The molecular weight excluding hydrogens is 219 g/mol. The van der Waals surface area contributed by atoms with Gasteiger partial charge in [-0.05, 0) is 13.0 Å². The molecule has 1 aliphatic rings. The molecule has 3 nitrogen and oxygen atoms in total. The van der Waals surface area contributed by atoms with Crippen molar-refractivity contribution in [3.63, 3.8) is 0 Å². The van der Waals surface area contributed by atoms with Crippen molar-refractivity contribution in [1.82, 2.24) is 0 Å². The zero-order valence-electron chi connectivity index (χ0n) is 7.47. The second kappa shape index (κ2) is 3.37. The van der Waals surface area contributed by atoms with E-state index in [2.05, 4.69) is 0 Å². The molecule has 2 N–H and O–H groups in total. The van der Waals surface area contributed by atoms with Gasteiger partial charge in [0.15, 0.2) is 9.84 Å². The normalized spacial score (nSPS) is 32.0. The molecule has 1 fully saturated rings. The van der Waals surface area contributed by atoms with E-state index in [1.165, 1.54) is 0 Å². The number of alkyl halides is 3. The van der Waals surface area contributed by atoms with Crippen LogP contribution in [-0.2, 0) is 9.84 Å². The molecule has 0 aromatic heterocycles. The van der Waals surface area contributed by atoms with E-state index in [0.717, 1.165) is 0 Å². The molecule has 84 valence electrons. The van der Waals surface area contributed by atoms with E-state index >= 15 is 0 Å². The largest absolute Gasteiger partial charge is 0.389 e. The lowest BCUT2D eigenvalue weighted by Gasteiger charge is -2.26. The number of halogens is 3. The zero-order chi connectivity index (χ0) is 11.0. The quantitative estimate of drug-likeness (QED) is 0.761. The molecule has 0 saturated carbocycles. The van der Waals surface area contributed by atoms with Crippen LogP contribution in [0, 0.1) is 5.41 Å². The van der Waals surface area contributed by atoms with E-state index < -0.39 is 33.6 Å². The van der Waals surface area contributed by atoms with Crippen LogP contribution < -0.4 is 5.73 Å². The van der Waals surface area contributed by atoms with Crippen molar-refractivity contribution in [2.75, 3.05) is 18.1 Å². The van der Waals surface area contributed by atoms with Crippen LogP contribution in [0.25, 0.3) is 0 Å². The second-order valence-electron chi connectivity index (χ2n) is 3.84. The lowest BCUT2D eigenvalue weighted by molar-refractivity contribution is -0.154. The summed E-state index contributed by atoms with van der Waals surface area (Å²) in [7, 11) is -3.32. The highest BCUT2D eigenvalue weighted by Crippen LogP contribution is 2.40. The van der Waals surface area contributed by atoms with Crippen LogP contribution in [0.4, 0.5) is 13.2 Å². The molecule has 0 spiro atoms. The third-order valence-corrected chi connectivity index (χ3v) is 4.36. The van der Waals surface area contributed by atoms with E-state index in [1.807, 2.05) is 0 Å². The molecule has 0 amide bonds. The molecule has 1 rings (SSSR count). The van der Waals surface area contributed by atoms with E-state index in [9.17, 15) is 21.6 Å². The molecule has 7 heteroatoms. The lowest BCUT2D eigenvalue weighted by atomic mass is 9.84. The van der Waals surface area contributed by atoms with Crippen LogP contribution in [0.15, 0.2) is 0 Å². The summed E-state index contributed by atoms with van der Waals surface area (Å²) in [6.45, 7) is -0.230. The Morgan fingerprint density at radius 2 is 1.93 bits per heavy atom. The van der Waals surface area contributed by atoms with Crippen molar-refractivity contribution in [2.24, 2.45) is 11.1 Å². The molecule has 0 radical (unpaired) electrons. The van der Waals surface area contributed by atoms with Gasteiger partial charge in [0, 0.05) is 5.41 Å². The van der Waals surface area contributed by atoms with Crippen molar-refractivity contribution >= 4 is 9.84 Å². The average Bonchev–Trinajstić information content (AvgIpc) is 2.24. The third kappa shape index (κ3) is 2.84. The van der Waals surface area contributed by atoms with Crippen LogP contribution in [0.2, 0.25) is 0 Å². The summed E-state index contributed by atoms with van der Waals surface area (Å²) in [4.78, 5) is 0. The van der Waals surface area contributed by atoms with Gasteiger partial charge in [-0.3, -0.25) is 0 Å². The van der Waals surface area contributed by atoms with Gasteiger partial charge in [-0.2, -0.15) is 13.2 Å². The van der Waals surface area contributed by atoms with Gasteiger partial charge in [0.1, 0.15) is 0 Å². The van der Waals surface area contributed by atoms with E-state index in [-0.39, 0.29) is 18.7 Å². The van der Waals surface area contributed by atoms with Gasteiger partial charge >= 0.3 is 6.18 Å². The molecule has 14 heavy (non-hydrogen) atoms. The van der Waals surface area contributed by atoms with Gasteiger partial charge < -0.3 is 5.73 Å². The molecule has 0 aromatic carbocycles. The predicted octanol–water partition coefficient (Wildman–Crippen LogP) is 0.702. The summed E-state index contributed by atoms with van der Waals surface area (Å²) in [5.74, 6) is -0.615. The van der Waals surface area contributed by atoms with Crippen LogP contribution in [0.1, 0.15) is 12.8 Å². The highest BCUT2D eigenvalue weighted by Gasteiger charge is 2.48. The number of hydrogen-bond donors (Lipinski definition) is 1. The smallest absolute Gasteiger partial charge is 0.330 e. The van der Waals surface area contributed by atoms with E-state index in [0.29, 0.717) is 0 Å². The third-order valence-electron chi connectivity index (χ3n) is 2.48. The number of sulfone groups is 1. The van der Waals surface area contributed by atoms with Gasteiger partial charge in [-0.15, -0.1) is 0 Å². The summed E-state index contributed by atoms with van der Waals surface area (Å²) in [5, 5.41) is 0. The van der Waals surface area contributed by atoms with Crippen molar-refractivity contribution in [2.45, 2.75) is 19.0 Å². The maximum absolute atomic E-state index is 12.1. The topological polar surface area (TPSA) is 60.2 Å². The first-order valence-electron chi connectivity index (χ1n) is 4.15. The Kier molecular flexibility index (Phi) is 2.84. The maximum Gasteiger partial charge on any atom is 0.389 e. The lowest BCUT2D eigenvalue weighted by Crippen LogP contribution is -2.36. The van der Waals surface area contributed by atoms with Gasteiger partial charge in [-0.25, -0.2) is 8.42 Å². The van der Waals surface area contributed by atoms with Gasteiger partial charge in [-0.1, -0.05) is 0 Å². The summed E-state index contributed by atoms with van der Waals surface area (Å²) < 4.78 is 58.6. The average molecular weight is 231 g/mol. The minimum atomic E-state index is -4.35.